The number of anilines is 1. The first-order valence-electron chi connectivity index (χ1n) is 8.54. The maximum atomic E-state index is 4.49. The number of likely N-dealkylation sites (N-methyl/N-ethyl adjacent to an activating group) is 1. The SMILES string of the molecule is CCN(CC)CCn1cc(NC2CCCC(C)(C)C2)cn1. The van der Waals surface area contributed by atoms with Crippen molar-refractivity contribution >= 4 is 5.69 Å². The molecule has 4 heteroatoms. The predicted octanol–water partition coefficient (Wildman–Crippen LogP) is 3.61. The van der Waals surface area contributed by atoms with Crippen molar-refractivity contribution in [3.05, 3.63) is 12.4 Å². The van der Waals surface area contributed by atoms with Gasteiger partial charge in [-0.15, -0.1) is 0 Å². The maximum absolute atomic E-state index is 4.49. The van der Waals surface area contributed by atoms with E-state index in [1.54, 1.807) is 0 Å². The molecule has 0 radical (unpaired) electrons. The standard InChI is InChI=1S/C17H32N4/c1-5-20(6-2)10-11-21-14-16(13-18-21)19-15-8-7-9-17(3,4)12-15/h13-15,19H,5-12H2,1-4H3. The van der Waals surface area contributed by atoms with Gasteiger partial charge in [-0.2, -0.15) is 5.10 Å². The number of nitrogens with one attached hydrogen (secondary N) is 1. The van der Waals surface area contributed by atoms with Crippen molar-refractivity contribution in [3.8, 4) is 0 Å². The molecule has 1 heterocycles. The summed E-state index contributed by atoms with van der Waals surface area (Å²) in [5, 5.41) is 8.16. The monoisotopic (exact) mass is 292 g/mol. The van der Waals surface area contributed by atoms with E-state index < -0.39 is 0 Å². The lowest BCUT2D eigenvalue weighted by molar-refractivity contribution is 0.229. The molecule has 0 aliphatic heterocycles. The molecular formula is C17H32N4. The molecule has 1 aliphatic carbocycles. The summed E-state index contributed by atoms with van der Waals surface area (Å²) in [6.07, 6.45) is 9.37. The zero-order valence-corrected chi connectivity index (χ0v) is 14.2. The summed E-state index contributed by atoms with van der Waals surface area (Å²) in [5.74, 6) is 0. The van der Waals surface area contributed by atoms with E-state index in [9.17, 15) is 0 Å². The van der Waals surface area contributed by atoms with Crippen LogP contribution in [-0.4, -0.2) is 40.4 Å². The first-order chi connectivity index (χ1) is 10.0. The van der Waals surface area contributed by atoms with Crippen LogP contribution in [0.4, 0.5) is 5.69 Å². The Kier molecular flexibility index (Phi) is 5.68. The zero-order chi connectivity index (χ0) is 15.3. The highest BCUT2D eigenvalue weighted by Gasteiger charge is 2.27. The van der Waals surface area contributed by atoms with Gasteiger partial charge in [0.05, 0.1) is 18.4 Å². The molecule has 4 nitrogen and oxygen atoms in total. The van der Waals surface area contributed by atoms with E-state index in [1.165, 1.54) is 31.4 Å². The molecule has 0 spiro atoms. The van der Waals surface area contributed by atoms with Crippen LogP contribution in [0.3, 0.4) is 0 Å². The Hall–Kier alpha value is -1.03. The van der Waals surface area contributed by atoms with E-state index in [-0.39, 0.29) is 0 Å². The summed E-state index contributed by atoms with van der Waals surface area (Å²) in [4.78, 5) is 2.43. The van der Waals surface area contributed by atoms with Gasteiger partial charge in [0.25, 0.3) is 0 Å². The van der Waals surface area contributed by atoms with E-state index in [0.29, 0.717) is 11.5 Å². The Balaban J connectivity index is 1.82. The Labute approximate surface area is 129 Å². The van der Waals surface area contributed by atoms with Crippen LogP contribution in [0.1, 0.15) is 53.4 Å². The molecule has 1 aliphatic rings. The molecule has 1 saturated carbocycles. The summed E-state index contributed by atoms with van der Waals surface area (Å²) in [7, 11) is 0. The van der Waals surface area contributed by atoms with E-state index in [2.05, 4.69) is 53.9 Å². The lowest BCUT2D eigenvalue weighted by atomic mass is 9.75. The molecule has 0 saturated heterocycles. The second-order valence-electron chi connectivity index (χ2n) is 7.12. The van der Waals surface area contributed by atoms with Gasteiger partial charge in [-0.1, -0.05) is 34.1 Å². The molecular weight excluding hydrogens is 260 g/mol. The lowest BCUT2D eigenvalue weighted by Crippen LogP contribution is -2.31. The van der Waals surface area contributed by atoms with Crippen molar-refractivity contribution in [2.45, 2.75) is 66.0 Å². The molecule has 1 unspecified atom stereocenters. The minimum absolute atomic E-state index is 0.481. The minimum Gasteiger partial charge on any atom is -0.380 e. The zero-order valence-electron chi connectivity index (χ0n) is 14.2. The Morgan fingerprint density at radius 2 is 2.14 bits per heavy atom. The fourth-order valence-corrected chi connectivity index (χ4v) is 3.40. The van der Waals surface area contributed by atoms with Crippen molar-refractivity contribution < 1.29 is 0 Å². The van der Waals surface area contributed by atoms with Crippen LogP contribution < -0.4 is 5.32 Å². The lowest BCUT2D eigenvalue weighted by Gasteiger charge is -2.35. The second-order valence-corrected chi connectivity index (χ2v) is 7.12. The number of hydrogen-bond acceptors (Lipinski definition) is 3. The van der Waals surface area contributed by atoms with E-state index >= 15 is 0 Å². The smallest absolute Gasteiger partial charge is 0.0728 e. The molecule has 0 aromatic carbocycles. The third-order valence-electron chi connectivity index (χ3n) is 4.75. The van der Waals surface area contributed by atoms with Crippen LogP contribution in [0.15, 0.2) is 12.4 Å². The molecule has 1 aromatic rings. The minimum atomic E-state index is 0.481. The van der Waals surface area contributed by atoms with Gasteiger partial charge in [-0.25, -0.2) is 0 Å². The summed E-state index contributed by atoms with van der Waals surface area (Å²) < 4.78 is 2.06. The summed E-state index contributed by atoms with van der Waals surface area (Å²) in [6, 6.07) is 0.606. The average molecular weight is 292 g/mol. The van der Waals surface area contributed by atoms with Gasteiger partial charge >= 0.3 is 0 Å². The van der Waals surface area contributed by atoms with Crippen LogP contribution in [0.25, 0.3) is 0 Å². The molecule has 1 N–H and O–H groups in total. The first kappa shape index (κ1) is 16.3. The van der Waals surface area contributed by atoms with Gasteiger partial charge in [0, 0.05) is 18.8 Å². The average Bonchev–Trinajstić information content (AvgIpc) is 2.86. The fraction of sp³-hybridized carbons (Fsp3) is 0.824. The van der Waals surface area contributed by atoms with Crippen molar-refractivity contribution in [3.63, 3.8) is 0 Å². The highest BCUT2D eigenvalue weighted by atomic mass is 15.3. The fourth-order valence-electron chi connectivity index (χ4n) is 3.40. The summed E-state index contributed by atoms with van der Waals surface area (Å²) in [6.45, 7) is 13.5. The van der Waals surface area contributed by atoms with Crippen molar-refractivity contribution in [2.24, 2.45) is 5.41 Å². The predicted molar refractivity (Wildman–Crippen MR) is 89.7 cm³/mol. The Morgan fingerprint density at radius 3 is 2.81 bits per heavy atom. The van der Waals surface area contributed by atoms with Gasteiger partial charge in [-0.05, 0) is 37.8 Å². The number of hydrogen-bond donors (Lipinski definition) is 1. The molecule has 1 atom stereocenters. The molecule has 21 heavy (non-hydrogen) atoms. The summed E-state index contributed by atoms with van der Waals surface area (Å²) in [5.41, 5.74) is 1.66. The van der Waals surface area contributed by atoms with E-state index in [4.69, 9.17) is 0 Å². The topological polar surface area (TPSA) is 33.1 Å². The van der Waals surface area contributed by atoms with Crippen molar-refractivity contribution in [1.29, 1.82) is 0 Å². The second kappa shape index (κ2) is 7.30. The van der Waals surface area contributed by atoms with E-state index in [0.717, 1.165) is 26.2 Å². The molecule has 0 amide bonds. The third kappa shape index (κ3) is 5.03. The Morgan fingerprint density at radius 1 is 1.38 bits per heavy atom. The Bertz CT molecular complexity index is 420. The van der Waals surface area contributed by atoms with Crippen LogP contribution in [0.5, 0.6) is 0 Å². The van der Waals surface area contributed by atoms with Crippen molar-refractivity contribution in [2.75, 3.05) is 25.0 Å². The highest BCUT2D eigenvalue weighted by Crippen LogP contribution is 2.36. The molecule has 1 fully saturated rings. The van der Waals surface area contributed by atoms with Crippen LogP contribution in [-0.2, 0) is 6.54 Å². The van der Waals surface area contributed by atoms with Crippen LogP contribution in [0, 0.1) is 5.41 Å². The van der Waals surface area contributed by atoms with Gasteiger partial charge in [0.1, 0.15) is 0 Å². The summed E-state index contributed by atoms with van der Waals surface area (Å²) >= 11 is 0. The quantitative estimate of drug-likeness (QED) is 0.833. The van der Waals surface area contributed by atoms with Crippen LogP contribution >= 0.6 is 0 Å². The normalized spacial score (nSPS) is 21.7. The number of rotatable bonds is 7. The van der Waals surface area contributed by atoms with E-state index in [1.807, 2.05) is 6.20 Å². The molecule has 2 rings (SSSR count). The maximum Gasteiger partial charge on any atom is 0.0728 e. The molecule has 1 aromatic heterocycles. The van der Waals surface area contributed by atoms with Crippen LogP contribution in [0.2, 0.25) is 0 Å². The van der Waals surface area contributed by atoms with Crippen molar-refractivity contribution in [1.82, 2.24) is 14.7 Å². The van der Waals surface area contributed by atoms with Gasteiger partial charge in [0.15, 0.2) is 0 Å². The van der Waals surface area contributed by atoms with Gasteiger partial charge < -0.3 is 10.2 Å². The largest absolute Gasteiger partial charge is 0.380 e. The van der Waals surface area contributed by atoms with Gasteiger partial charge in [-0.3, -0.25) is 4.68 Å². The molecule has 0 bridgehead atoms. The molecule has 120 valence electrons. The highest BCUT2D eigenvalue weighted by molar-refractivity contribution is 5.39. The van der Waals surface area contributed by atoms with Gasteiger partial charge in [0.2, 0.25) is 0 Å². The third-order valence-corrected chi connectivity index (χ3v) is 4.75. The number of aromatic nitrogens is 2. The first-order valence-corrected chi connectivity index (χ1v) is 8.54. The number of nitrogens with zero attached hydrogens (tertiary/aromatic N) is 3.